The first-order valence-electron chi connectivity index (χ1n) is 10.7. The predicted octanol–water partition coefficient (Wildman–Crippen LogP) is 5.95. The van der Waals surface area contributed by atoms with E-state index in [-0.39, 0.29) is 17.2 Å². The van der Waals surface area contributed by atoms with Crippen LogP contribution >= 0.6 is 0 Å². The molecule has 0 bridgehead atoms. The maximum absolute atomic E-state index is 12.5. The van der Waals surface area contributed by atoms with Crippen LogP contribution in [0.5, 0.6) is 5.75 Å². The summed E-state index contributed by atoms with van der Waals surface area (Å²) in [4.78, 5) is 25.0. The van der Waals surface area contributed by atoms with Crippen molar-refractivity contribution in [3.05, 3.63) is 89.5 Å². The van der Waals surface area contributed by atoms with Crippen LogP contribution in [0.15, 0.2) is 72.8 Å². The molecule has 0 fully saturated rings. The van der Waals surface area contributed by atoms with Crippen LogP contribution in [0.3, 0.4) is 0 Å². The van der Waals surface area contributed by atoms with E-state index in [0.29, 0.717) is 22.7 Å². The standard InChI is InChI=1S/C27H30N2O3/c1-18-7-6-8-24(17-18)32-19(2)25(30)28-22-13-15-23(16-14-22)29-26(31)20-9-11-21(12-10-20)27(3,4)5/h6-17,19H,1-5H3,(H,28,30)(H,29,31). The van der Waals surface area contributed by atoms with E-state index in [0.717, 1.165) is 5.56 Å². The average Bonchev–Trinajstić information content (AvgIpc) is 2.74. The smallest absolute Gasteiger partial charge is 0.265 e. The Morgan fingerprint density at radius 2 is 1.44 bits per heavy atom. The van der Waals surface area contributed by atoms with Crippen molar-refractivity contribution < 1.29 is 14.3 Å². The van der Waals surface area contributed by atoms with Crippen molar-refractivity contribution in [3.8, 4) is 5.75 Å². The summed E-state index contributed by atoms with van der Waals surface area (Å²) in [5.74, 6) is 0.228. The third kappa shape index (κ3) is 6.20. The van der Waals surface area contributed by atoms with Crippen LogP contribution in [0, 0.1) is 6.92 Å². The number of hydrogen-bond acceptors (Lipinski definition) is 3. The highest BCUT2D eigenvalue weighted by Crippen LogP contribution is 2.23. The first kappa shape index (κ1) is 23.1. The van der Waals surface area contributed by atoms with Gasteiger partial charge in [-0.2, -0.15) is 0 Å². The second-order valence-corrected chi connectivity index (χ2v) is 8.92. The van der Waals surface area contributed by atoms with Gasteiger partial charge >= 0.3 is 0 Å². The van der Waals surface area contributed by atoms with E-state index in [9.17, 15) is 9.59 Å². The number of anilines is 2. The van der Waals surface area contributed by atoms with Crippen molar-refractivity contribution in [1.82, 2.24) is 0 Å². The molecule has 1 unspecified atom stereocenters. The second-order valence-electron chi connectivity index (χ2n) is 8.92. The molecule has 166 valence electrons. The lowest BCUT2D eigenvalue weighted by Gasteiger charge is -2.19. The van der Waals surface area contributed by atoms with Crippen LogP contribution in [0.2, 0.25) is 0 Å². The van der Waals surface area contributed by atoms with Crippen molar-refractivity contribution in [1.29, 1.82) is 0 Å². The molecule has 5 heteroatoms. The number of aryl methyl sites for hydroxylation is 1. The first-order chi connectivity index (χ1) is 15.1. The van der Waals surface area contributed by atoms with E-state index in [1.165, 1.54) is 5.56 Å². The Bertz CT molecular complexity index is 1080. The predicted molar refractivity (Wildman–Crippen MR) is 129 cm³/mol. The Morgan fingerprint density at radius 3 is 2.00 bits per heavy atom. The minimum Gasteiger partial charge on any atom is -0.481 e. The molecule has 0 saturated carbocycles. The van der Waals surface area contributed by atoms with E-state index in [1.54, 1.807) is 31.2 Å². The number of ether oxygens (including phenoxy) is 1. The van der Waals surface area contributed by atoms with E-state index in [2.05, 4.69) is 31.4 Å². The fourth-order valence-corrected chi connectivity index (χ4v) is 3.15. The van der Waals surface area contributed by atoms with Crippen LogP contribution in [0.4, 0.5) is 11.4 Å². The molecule has 0 radical (unpaired) electrons. The van der Waals surface area contributed by atoms with Gasteiger partial charge in [-0.15, -0.1) is 0 Å². The zero-order valence-corrected chi connectivity index (χ0v) is 19.2. The van der Waals surface area contributed by atoms with Crippen LogP contribution in [-0.4, -0.2) is 17.9 Å². The molecular formula is C27H30N2O3. The average molecular weight is 431 g/mol. The largest absolute Gasteiger partial charge is 0.481 e. The van der Waals surface area contributed by atoms with Crippen molar-refractivity contribution >= 4 is 23.2 Å². The van der Waals surface area contributed by atoms with Gasteiger partial charge < -0.3 is 15.4 Å². The monoisotopic (exact) mass is 430 g/mol. The zero-order chi connectivity index (χ0) is 23.3. The first-order valence-corrected chi connectivity index (χ1v) is 10.7. The van der Waals surface area contributed by atoms with Gasteiger partial charge in [0.25, 0.3) is 11.8 Å². The lowest BCUT2D eigenvalue weighted by atomic mass is 9.87. The molecule has 3 aromatic rings. The molecule has 0 spiro atoms. The Kier molecular flexibility index (Phi) is 6.98. The molecule has 0 saturated heterocycles. The summed E-state index contributed by atoms with van der Waals surface area (Å²) in [5.41, 5.74) is 4.15. The maximum Gasteiger partial charge on any atom is 0.265 e. The van der Waals surface area contributed by atoms with Crippen molar-refractivity contribution in [2.24, 2.45) is 0 Å². The highest BCUT2D eigenvalue weighted by atomic mass is 16.5. The molecule has 0 aliphatic carbocycles. The highest BCUT2D eigenvalue weighted by molar-refractivity contribution is 6.04. The zero-order valence-electron chi connectivity index (χ0n) is 19.2. The molecule has 3 rings (SSSR count). The third-order valence-corrected chi connectivity index (χ3v) is 5.10. The fourth-order valence-electron chi connectivity index (χ4n) is 3.15. The van der Waals surface area contributed by atoms with E-state index >= 15 is 0 Å². The molecule has 5 nitrogen and oxygen atoms in total. The third-order valence-electron chi connectivity index (χ3n) is 5.10. The van der Waals surface area contributed by atoms with E-state index in [1.807, 2.05) is 55.5 Å². The number of carbonyl (C=O) groups excluding carboxylic acids is 2. The van der Waals surface area contributed by atoms with Gasteiger partial charge in [0.1, 0.15) is 5.75 Å². The number of benzene rings is 3. The molecule has 2 amide bonds. The normalized spacial score (nSPS) is 12.0. The Morgan fingerprint density at radius 1 is 0.844 bits per heavy atom. The van der Waals surface area contributed by atoms with Crippen molar-refractivity contribution in [2.75, 3.05) is 10.6 Å². The van der Waals surface area contributed by atoms with Gasteiger partial charge in [0.15, 0.2) is 6.10 Å². The molecule has 3 aromatic carbocycles. The van der Waals surface area contributed by atoms with E-state index < -0.39 is 6.10 Å². The van der Waals surface area contributed by atoms with Gasteiger partial charge in [-0.3, -0.25) is 9.59 Å². The SMILES string of the molecule is Cc1cccc(OC(C)C(=O)Nc2ccc(NC(=O)c3ccc(C(C)(C)C)cc3)cc2)c1. The Hall–Kier alpha value is -3.60. The molecule has 0 aromatic heterocycles. The lowest BCUT2D eigenvalue weighted by Crippen LogP contribution is -2.30. The second kappa shape index (κ2) is 9.69. The molecule has 0 aliphatic rings. The quantitative estimate of drug-likeness (QED) is 0.508. The Labute approximate surface area is 189 Å². The van der Waals surface area contributed by atoms with Gasteiger partial charge in [0.2, 0.25) is 0 Å². The number of rotatable bonds is 6. The summed E-state index contributed by atoms with van der Waals surface area (Å²) < 4.78 is 5.71. The summed E-state index contributed by atoms with van der Waals surface area (Å²) in [5, 5.41) is 5.71. The maximum atomic E-state index is 12.5. The summed E-state index contributed by atoms with van der Waals surface area (Å²) in [7, 11) is 0. The highest BCUT2D eigenvalue weighted by Gasteiger charge is 2.16. The van der Waals surface area contributed by atoms with Crippen LogP contribution in [0.25, 0.3) is 0 Å². The number of amides is 2. The summed E-state index contributed by atoms with van der Waals surface area (Å²) >= 11 is 0. The van der Waals surface area contributed by atoms with Crippen molar-refractivity contribution in [3.63, 3.8) is 0 Å². The van der Waals surface area contributed by atoms with Gasteiger partial charge in [0, 0.05) is 16.9 Å². The minimum atomic E-state index is -0.646. The molecule has 32 heavy (non-hydrogen) atoms. The summed E-state index contributed by atoms with van der Waals surface area (Å²) in [6, 6.07) is 22.2. The summed E-state index contributed by atoms with van der Waals surface area (Å²) in [6.07, 6.45) is -0.646. The summed E-state index contributed by atoms with van der Waals surface area (Å²) in [6.45, 7) is 10.1. The number of hydrogen-bond donors (Lipinski definition) is 2. The fraction of sp³-hybridized carbons (Fsp3) is 0.259. The molecular weight excluding hydrogens is 400 g/mol. The van der Waals surface area contributed by atoms with E-state index in [4.69, 9.17) is 4.74 Å². The van der Waals surface area contributed by atoms with Gasteiger partial charge in [-0.1, -0.05) is 45.0 Å². The van der Waals surface area contributed by atoms with Gasteiger partial charge in [-0.05, 0) is 78.9 Å². The lowest BCUT2D eigenvalue weighted by molar-refractivity contribution is -0.122. The molecule has 0 heterocycles. The van der Waals surface area contributed by atoms with Gasteiger partial charge in [0.05, 0.1) is 0 Å². The van der Waals surface area contributed by atoms with Crippen LogP contribution in [-0.2, 0) is 10.2 Å². The van der Waals surface area contributed by atoms with Gasteiger partial charge in [-0.25, -0.2) is 0 Å². The van der Waals surface area contributed by atoms with Crippen molar-refractivity contribution in [2.45, 2.75) is 46.1 Å². The number of nitrogens with one attached hydrogen (secondary N) is 2. The minimum absolute atomic E-state index is 0.0395. The topological polar surface area (TPSA) is 67.4 Å². The molecule has 0 aliphatic heterocycles. The molecule has 1 atom stereocenters. The number of carbonyl (C=O) groups is 2. The Balaban J connectivity index is 1.56. The van der Waals surface area contributed by atoms with Crippen LogP contribution in [0.1, 0.15) is 49.2 Å². The van der Waals surface area contributed by atoms with Crippen LogP contribution < -0.4 is 15.4 Å². The molecule has 2 N–H and O–H groups in total.